The van der Waals surface area contributed by atoms with Crippen LogP contribution in [0.2, 0.25) is 0 Å². The average molecular weight is 297 g/mol. The van der Waals surface area contributed by atoms with E-state index in [0.29, 0.717) is 10.2 Å². The zero-order valence-electron chi connectivity index (χ0n) is 9.02. The summed E-state index contributed by atoms with van der Waals surface area (Å²) >= 11 is 0. The van der Waals surface area contributed by atoms with Crippen molar-refractivity contribution < 1.29 is 0 Å². The molecule has 0 amide bonds. The summed E-state index contributed by atoms with van der Waals surface area (Å²) < 4.78 is 0.601. The standard InChI is InChI=1S/C10H16S5/c1-9(2)7-3-4-10(8(9)5-7)6-11-13-15-14-12-10/h7-8H,3-6H2,1-2H3. The largest absolute Gasteiger partial charge is 0.0802 e. The fourth-order valence-electron chi connectivity index (χ4n) is 3.52. The highest BCUT2D eigenvalue weighted by Crippen LogP contribution is 2.71. The van der Waals surface area contributed by atoms with Crippen molar-refractivity contribution in [1.82, 2.24) is 0 Å². The average Bonchev–Trinajstić information content (AvgIpc) is 2.44. The van der Waals surface area contributed by atoms with Gasteiger partial charge in [0.2, 0.25) is 0 Å². The number of fused-ring (bicyclic) bond motifs is 1. The van der Waals surface area contributed by atoms with Gasteiger partial charge in [0, 0.05) is 10.5 Å². The first-order valence-corrected chi connectivity index (χ1v) is 11.8. The van der Waals surface area contributed by atoms with Crippen molar-refractivity contribution in [2.75, 3.05) is 5.75 Å². The molecule has 3 aliphatic carbocycles. The molecule has 5 heteroatoms. The third-order valence-corrected chi connectivity index (χ3v) is 14.3. The molecule has 0 radical (unpaired) electrons. The van der Waals surface area contributed by atoms with Crippen molar-refractivity contribution in [3.63, 3.8) is 0 Å². The summed E-state index contributed by atoms with van der Waals surface area (Å²) in [7, 11) is 10.2. The van der Waals surface area contributed by atoms with E-state index in [4.69, 9.17) is 0 Å². The zero-order chi connectivity index (χ0) is 10.5. The summed E-state index contributed by atoms with van der Waals surface area (Å²) in [4.78, 5) is 0. The van der Waals surface area contributed by atoms with Gasteiger partial charge in [0.05, 0.1) is 0 Å². The maximum Gasteiger partial charge on any atom is 0.0404 e. The Morgan fingerprint density at radius 3 is 2.73 bits per heavy atom. The lowest BCUT2D eigenvalue weighted by atomic mass is 9.45. The molecular weight excluding hydrogens is 280 g/mol. The monoisotopic (exact) mass is 296 g/mol. The van der Waals surface area contributed by atoms with Crippen LogP contribution >= 0.6 is 51.1 Å². The van der Waals surface area contributed by atoms with Crippen molar-refractivity contribution in [3.8, 4) is 0 Å². The Balaban J connectivity index is 1.84. The van der Waals surface area contributed by atoms with Gasteiger partial charge in [-0.15, -0.1) is 0 Å². The fraction of sp³-hybridized carbons (Fsp3) is 1.00. The van der Waals surface area contributed by atoms with E-state index in [-0.39, 0.29) is 0 Å². The minimum absolute atomic E-state index is 0.601. The Hall–Kier alpha value is 1.75. The minimum atomic E-state index is 0.601. The highest BCUT2D eigenvalue weighted by atomic mass is 33.8. The maximum atomic E-state index is 2.51. The first-order valence-electron chi connectivity index (χ1n) is 5.46. The van der Waals surface area contributed by atoms with Crippen LogP contribution in [0.3, 0.4) is 0 Å². The molecule has 2 bridgehead atoms. The Morgan fingerprint density at radius 1 is 1.13 bits per heavy atom. The molecule has 0 aromatic heterocycles. The van der Waals surface area contributed by atoms with Gasteiger partial charge < -0.3 is 0 Å². The topological polar surface area (TPSA) is 0 Å². The lowest BCUT2D eigenvalue weighted by molar-refractivity contribution is -0.0834. The molecule has 1 saturated heterocycles. The van der Waals surface area contributed by atoms with Crippen LogP contribution in [0, 0.1) is 17.3 Å². The molecule has 86 valence electrons. The molecular formula is C10H16S5. The van der Waals surface area contributed by atoms with Gasteiger partial charge in [-0.3, -0.25) is 0 Å². The molecule has 0 aromatic carbocycles. The quantitative estimate of drug-likeness (QED) is 0.538. The van der Waals surface area contributed by atoms with Crippen molar-refractivity contribution in [2.45, 2.75) is 37.9 Å². The maximum absolute atomic E-state index is 2.51. The van der Waals surface area contributed by atoms with Crippen molar-refractivity contribution in [2.24, 2.45) is 17.3 Å². The Kier molecular flexibility index (Phi) is 3.27. The normalized spacial score (nSPS) is 48.4. The molecule has 0 nitrogen and oxygen atoms in total. The van der Waals surface area contributed by atoms with E-state index in [1.54, 1.807) is 0 Å². The van der Waals surface area contributed by atoms with Gasteiger partial charge in [0.15, 0.2) is 0 Å². The molecule has 1 heterocycles. The summed E-state index contributed by atoms with van der Waals surface area (Å²) in [5.41, 5.74) is 0.631. The van der Waals surface area contributed by atoms with Crippen LogP contribution in [0.25, 0.3) is 0 Å². The van der Waals surface area contributed by atoms with Crippen LogP contribution < -0.4 is 0 Å². The van der Waals surface area contributed by atoms with Crippen molar-refractivity contribution in [1.29, 1.82) is 0 Å². The van der Waals surface area contributed by atoms with E-state index < -0.39 is 0 Å². The number of hydrogen-bond acceptors (Lipinski definition) is 5. The predicted molar refractivity (Wildman–Crippen MR) is 80.2 cm³/mol. The van der Waals surface area contributed by atoms with Crippen LogP contribution in [0.1, 0.15) is 33.1 Å². The van der Waals surface area contributed by atoms with Gasteiger partial charge in [-0.25, -0.2) is 0 Å². The van der Waals surface area contributed by atoms with E-state index in [0.717, 1.165) is 11.8 Å². The molecule has 3 unspecified atom stereocenters. The summed E-state index contributed by atoms with van der Waals surface area (Å²) in [6.45, 7) is 5.02. The third-order valence-electron chi connectivity index (χ3n) is 4.63. The molecule has 15 heavy (non-hydrogen) atoms. The molecule has 1 spiro atoms. The predicted octanol–water partition coefficient (Wildman–Crippen LogP) is 5.52. The summed E-state index contributed by atoms with van der Waals surface area (Å²) in [5.74, 6) is 3.38. The van der Waals surface area contributed by atoms with Crippen molar-refractivity contribution in [3.05, 3.63) is 0 Å². The van der Waals surface area contributed by atoms with Gasteiger partial charge >= 0.3 is 0 Å². The molecule has 4 rings (SSSR count). The second-order valence-electron chi connectivity index (χ2n) is 5.46. The highest BCUT2D eigenvalue weighted by Gasteiger charge is 2.61. The van der Waals surface area contributed by atoms with Gasteiger partial charge in [-0.05, 0) is 66.0 Å². The summed E-state index contributed by atoms with van der Waals surface area (Å²) in [5, 5.41) is 0. The van der Waals surface area contributed by atoms with Gasteiger partial charge in [0.25, 0.3) is 0 Å². The SMILES string of the molecule is CC1(C)C2CCC3(CSSSSS3)C1C2. The molecule has 1 aliphatic heterocycles. The van der Waals surface area contributed by atoms with Gasteiger partial charge in [-0.1, -0.05) is 35.4 Å². The second kappa shape index (κ2) is 4.15. The molecule has 3 atom stereocenters. The zero-order valence-corrected chi connectivity index (χ0v) is 13.1. The van der Waals surface area contributed by atoms with E-state index in [2.05, 4.69) is 35.4 Å². The van der Waals surface area contributed by atoms with E-state index in [1.807, 2.05) is 29.5 Å². The lowest BCUT2D eigenvalue weighted by Gasteiger charge is -2.64. The van der Waals surface area contributed by atoms with Crippen LogP contribution in [-0.2, 0) is 0 Å². The third kappa shape index (κ3) is 1.79. The van der Waals surface area contributed by atoms with Crippen LogP contribution in [-0.4, -0.2) is 10.5 Å². The number of rotatable bonds is 0. The van der Waals surface area contributed by atoms with Crippen molar-refractivity contribution >= 4 is 51.1 Å². The molecule has 0 aromatic rings. The van der Waals surface area contributed by atoms with E-state index >= 15 is 0 Å². The van der Waals surface area contributed by atoms with Crippen LogP contribution in [0.15, 0.2) is 0 Å². The molecule has 3 saturated carbocycles. The molecule has 4 fully saturated rings. The second-order valence-corrected chi connectivity index (χ2v) is 13.5. The minimum Gasteiger partial charge on any atom is -0.0802 e. The summed E-state index contributed by atoms with van der Waals surface area (Å²) in [6, 6.07) is 0. The first kappa shape index (κ1) is 11.8. The van der Waals surface area contributed by atoms with Crippen LogP contribution in [0.4, 0.5) is 0 Å². The summed E-state index contributed by atoms with van der Waals surface area (Å²) in [6.07, 6.45) is 4.46. The lowest BCUT2D eigenvalue weighted by Crippen LogP contribution is -2.60. The Labute approximate surface area is 111 Å². The highest BCUT2D eigenvalue weighted by molar-refractivity contribution is 9.36. The molecule has 4 aliphatic rings. The van der Waals surface area contributed by atoms with Gasteiger partial charge in [0.1, 0.15) is 0 Å². The Bertz CT molecular complexity index is 255. The first-order chi connectivity index (χ1) is 7.15. The fourth-order valence-corrected chi connectivity index (χ4v) is 14.9. The van der Waals surface area contributed by atoms with E-state index in [1.165, 1.54) is 25.0 Å². The Morgan fingerprint density at radius 2 is 2.00 bits per heavy atom. The van der Waals surface area contributed by atoms with Gasteiger partial charge in [-0.2, -0.15) is 0 Å². The smallest absolute Gasteiger partial charge is 0.0404 e. The van der Waals surface area contributed by atoms with Crippen LogP contribution in [0.5, 0.6) is 0 Å². The molecule has 0 N–H and O–H groups in total. The van der Waals surface area contributed by atoms with E-state index in [9.17, 15) is 0 Å². The number of hydrogen-bond donors (Lipinski definition) is 0.